The minimum Gasteiger partial charge on any atom is -0.462 e. The highest BCUT2D eigenvalue weighted by molar-refractivity contribution is 7.99. The van der Waals surface area contributed by atoms with E-state index in [0.717, 1.165) is 45.1 Å². The number of hydrogen-bond acceptors (Lipinski definition) is 11. The predicted molar refractivity (Wildman–Crippen MR) is 199 cm³/mol. The number of carbonyl (C=O) groups is 4. The van der Waals surface area contributed by atoms with Crippen molar-refractivity contribution in [1.82, 2.24) is 4.90 Å². The van der Waals surface area contributed by atoms with Crippen molar-refractivity contribution in [3.63, 3.8) is 0 Å². The number of likely N-dealkylation sites (tertiary alicyclic amines) is 1. The van der Waals surface area contributed by atoms with Gasteiger partial charge in [0.15, 0.2) is 11.2 Å². The highest BCUT2D eigenvalue weighted by Crippen LogP contribution is 2.28. The number of piperidine rings is 1. The molecule has 1 aromatic heterocycles. The minimum absolute atomic E-state index is 0.0723. The van der Waals surface area contributed by atoms with Gasteiger partial charge in [0.05, 0.1) is 16.5 Å². The first kappa shape index (κ1) is 38.2. The second-order valence-corrected chi connectivity index (χ2v) is 14.0. The van der Waals surface area contributed by atoms with Gasteiger partial charge in [0.1, 0.15) is 19.8 Å². The van der Waals surface area contributed by atoms with Gasteiger partial charge in [-0.05, 0) is 76.2 Å². The Kier molecular flexibility index (Phi) is 14.1. The highest BCUT2D eigenvalue weighted by Gasteiger charge is 2.35. The molecule has 1 aliphatic rings. The van der Waals surface area contributed by atoms with Crippen molar-refractivity contribution in [1.29, 1.82) is 0 Å². The molecule has 0 N–H and O–H groups in total. The summed E-state index contributed by atoms with van der Waals surface area (Å²) in [7, 11) is 0. The van der Waals surface area contributed by atoms with Gasteiger partial charge >= 0.3 is 17.9 Å². The van der Waals surface area contributed by atoms with E-state index in [-0.39, 0.29) is 30.0 Å². The van der Waals surface area contributed by atoms with Crippen LogP contribution < -0.4 is 5.43 Å². The maximum Gasteiger partial charge on any atom is 0.339 e. The second kappa shape index (κ2) is 18.4. The molecule has 0 amide bonds. The molecular formula is C39H41NO8S2. The van der Waals surface area contributed by atoms with Crippen molar-refractivity contribution < 1.29 is 33.4 Å². The molecule has 4 aromatic rings. The third kappa shape index (κ3) is 9.99. The van der Waals surface area contributed by atoms with Crippen LogP contribution in [-0.2, 0) is 23.8 Å². The molecule has 50 heavy (non-hydrogen) atoms. The Bertz CT molecular complexity index is 1910. The van der Waals surface area contributed by atoms with Gasteiger partial charge in [-0.15, -0.1) is 23.1 Å². The summed E-state index contributed by atoms with van der Waals surface area (Å²) in [6.45, 7) is 12.9. The van der Waals surface area contributed by atoms with Gasteiger partial charge in [-0.1, -0.05) is 49.9 Å². The van der Waals surface area contributed by atoms with Crippen LogP contribution in [0.1, 0.15) is 53.8 Å². The Morgan fingerprint density at radius 3 is 2.10 bits per heavy atom. The average molecular weight is 716 g/mol. The quantitative estimate of drug-likeness (QED) is 0.0267. The number of rotatable bonds is 13. The molecule has 0 bridgehead atoms. The third-order valence-corrected chi connectivity index (χ3v) is 10.2. The Morgan fingerprint density at radius 2 is 1.42 bits per heavy atom. The van der Waals surface area contributed by atoms with E-state index in [1.807, 2.05) is 50.2 Å². The van der Waals surface area contributed by atoms with Crippen LogP contribution in [-0.4, -0.2) is 72.8 Å². The van der Waals surface area contributed by atoms with Crippen molar-refractivity contribution in [2.45, 2.75) is 43.5 Å². The van der Waals surface area contributed by atoms with E-state index in [1.54, 1.807) is 42.1 Å². The van der Waals surface area contributed by atoms with Gasteiger partial charge in [0.2, 0.25) is 0 Å². The van der Waals surface area contributed by atoms with Crippen molar-refractivity contribution >= 4 is 67.0 Å². The Hall–Kier alpha value is -4.58. The SMILES string of the molecule is C=CC(=O)OCCOC(=O)c1cccc2sc3ccccc3c(=O)c12.C=CC(=O)OCCSc1ccc(C(=O)C(C)(C)N2CCCCC2)cc1. The van der Waals surface area contributed by atoms with Crippen molar-refractivity contribution in [3.8, 4) is 0 Å². The summed E-state index contributed by atoms with van der Waals surface area (Å²) in [4.78, 5) is 63.3. The van der Waals surface area contributed by atoms with E-state index in [0.29, 0.717) is 23.1 Å². The first-order chi connectivity index (χ1) is 24.1. The lowest BCUT2D eigenvalue weighted by Crippen LogP contribution is -2.52. The predicted octanol–water partition coefficient (Wildman–Crippen LogP) is 7.26. The monoisotopic (exact) mass is 715 g/mol. The number of hydrogen-bond donors (Lipinski definition) is 0. The highest BCUT2D eigenvalue weighted by atomic mass is 32.2. The molecule has 3 aromatic carbocycles. The number of ether oxygens (including phenoxy) is 3. The van der Waals surface area contributed by atoms with Crippen LogP contribution in [0.3, 0.4) is 0 Å². The average Bonchev–Trinajstić information content (AvgIpc) is 3.15. The van der Waals surface area contributed by atoms with E-state index in [2.05, 4.69) is 18.1 Å². The van der Waals surface area contributed by atoms with Gasteiger partial charge in [0, 0.05) is 43.1 Å². The maximum atomic E-state index is 12.9. The van der Waals surface area contributed by atoms with E-state index in [1.165, 1.54) is 30.6 Å². The summed E-state index contributed by atoms with van der Waals surface area (Å²) in [5, 5.41) is 0.916. The minimum atomic E-state index is -0.625. The van der Waals surface area contributed by atoms with E-state index in [4.69, 9.17) is 14.2 Å². The Balaban J connectivity index is 0.000000225. The topological polar surface area (TPSA) is 116 Å². The Labute approximate surface area is 299 Å². The fourth-order valence-electron chi connectivity index (χ4n) is 5.44. The third-order valence-electron chi connectivity index (χ3n) is 8.13. The molecule has 0 atom stereocenters. The van der Waals surface area contributed by atoms with Crippen LogP contribution in [0.2, 0.25) is 0 Å². The normalized spacial score (nSPS) is 13.1. The number of fused-ring (bicyclic) bond motifs is 2. The van der Waals surface area contributed by atoms with Gasteiger partial charge in [-0.3, -0.25) is 14.5 Å². The van der Waals surface area contributed by atoms with Crippen LogP contribution in [0.15, 0.2) is 102 Å². The largest absolute Gasteiger partial charge is 0.462 e. The second-order valence-electron chi connectivity index (χ2n) is 11.8. The van der Waals surface area contributed by atoms with Crippen LogP contribution in [0.25, 0.3) is 20.2 Å². The van der Waals surface area contributed by atoms with Gasteiger partial charge in [-0.2, -0.15) is 0 Å². The molecule has 0 saturated carbocycles. The van der Waals surface area contributed by atoms with Crippen LogP contribution in [0.4, 0.5) is 0 Å². The smallest absolute Gasteiger partial charge is 0.339 e. The van der Waals surface area contributed by atoms with Crippen LogP contribution >= 0.6 is 23.1 Å². The van der Waals surface area contributed by atoms with E-state index in [9.17, 15) is 24.0 Å². The number of carbonyl (C=O) groups excluding carboxylic acids is 4. The summed E-state index contributed by atoms with van der Waals surface area (Å²) in [5.41, 5.74) is 0.293. The summed E-state index contributed by atoms with van der Waals surface area (Å²) in [5.74, 6) is -0.768. The molecule has 1 aliphatic heterocycles. The summed E-state index contributed by atoms with van der Waals surface area (Å²) < 4.78 is 16.4. The van der Waals surface area contributed by atoms with Gasteiger partial charge in [0.25, 0.3) is 0 Å². The van der Waals surface area contributed by atoms with E-state index < -0.39 is 23.4 Å². The Morgan fingerprint density at radius 1 is 0.800 bits per heavy atom. The molecule has 262 valence electrons. The molecule has 9 nitrogen and oxygen atoms in total. The molecule has 0 unspecified atom stereocenters. The molecule has 5 rings (SSSR count). The zero-order valence-electron chi connectivity index (χ0n) is 28.3. The molecule has 1 saturated heterocycles. The molecule has 11 heteroatoms. The lowest BCUT2D eigenvalue weighted by Gasteiger charge is -2.39. The summed E-state index contributed by atoms with van der Waals surface area (Å²) >= 11 is 3.04. The summed E-state index contributed by atoms with van der Waals surface area (Å²) in [6, 6.07) is 20.0. The molecule has 1 fully saturated rings. The number of ketones is 1. The van der Waals surface area contributed by atoms with Crippen molar-refractivity contribution in [3.05, 3.63) is 113 Å². The van der Waals surface area contributed by atoms with Crippen molar-refractivity contribution in [2.75, 3.05) is 38.7 Å². The zero-order valence-corrected chi connectivity index (χ0v) is 29.9. The molecule has 0 radical (unpaired) electrons. The molecule has 0 aliphatic carbocycles. The number of benzene rings is 3. The number of esters is 3. The maximum absolute atomic E-state index is 12.9. The number of nitrogens with zero attached hydrogens (tertiary/aromatic N) is 1. The zero-order chi connectivity index (χ0) is 36.1. The van der Waals surface area contributed by atoms with E-state index >= 15 is 0 Å². The van der Waals surface area contributed by atoms with Gasteiger partial charge < -0.3 is 14.2 Å². The number of Topliss-reactive ketones (excluding diaryl/α,β-unsaturated/α-hetero) is 1. The molecule has 2 heterocycles. The van der Waals surface area contributed by atoms with Crippen LogP contribution in [0.5, 0.6) is 0 Å². The molecular weight excluding hydrogens is 675 g/mol. The standard InChI is InChI=1S/C20H27NO3S.C19H14O5S/c1-4-18(22)24-14-15-25-17-10-8-16(9-11-17)19(23)20(2,3)21-12-6-5-7-13-21;1-2-16(20)23-10-11-24-19(22)13-7-5-9-15-17(13)18(21)12-6-3-4-8-14(12)25-15/h4,8-11H,1,5-7,12-15H2,2-3H3;2-9H,1,10-11H2. The van der Waals surface area contributed by atoms with Crippen LogP contribution in [0, 0.1) is 0 Å². The fourth-order valence-corrected chi connectivity index (χ4v) is 7.28. The first-order valence-corrected chi connectivity index (χ1v) is 18.1. The van der Waals surface area contributed by atoms with Crippen molar-refractivity contribution in [2.24, 2.45) is 0 Å². The molecule has 0 spiro atoms. The summed E-state index contributed by atoms with van der Waals surface area (Å²) in [6.07, 6.45) is 5.79. The number of thioether (sulfide) groups is 1. The van der Waals surface area contributed by atoms with Gasteiger partial charge in [-0.25, -0.2) is 14.4 Å². The fraction of sp³-hybridized carbons (Fsp3) is 0.308. The first-order valence-electron chi connectivity index (χ1n) is 16.3. The lowest BCUT2D eigenvalue weighted by molar-refractivity contribution is -0.139. The lowest BCUT2D eigenvalue weighted by atomic mass is 9.89.